The van der Waals surface area contributed by atoms with Crippen molar-refractivity contribution in [3.8, 4) is 11.1 Å². The maximum absolute atomic E-state index is 12.8. The highest BCUT2D eigenvalue weighted by atomic mass is 32.2. The number of sulfonamides is 1. The normalized spacial score (nSPS) is 11.3. The first-order valence-electron chi connectivity index (χ1n) is 8.10. The van der Waals surface area contributed by atoms with Gasteiger partial charge in [0.15, 0.2) is 0 Å². The van der Waals surface area contributed by atoms with E-state index in [-0.39, 0.29) is 1.43 Å². The van der Waals surface area contributed by atoms with Crippen molar-refractivity contribution in [1.82, 2.24) is 0 Å². The summed E-state index contributed by atoms with van der Waals surface area (Å²) in [5, 5.41) is 0. The quantitative estimate of drug-likeness (QED) is 0.669. The molecular formula is C21H22NO2S+. The molecule has 4 heteroatoms. The molecule has 3 nitrogen and oxygen atoms in total. The van der Waals surface area contributed by atoms with Gasteiger partial charge in [0.25, 0.3) is 10.0 Å². The van der Waals surface area contributed by atoms with Gasteiger partial charge in [0.1, 0.15) is 0 Å². The molecule has 0 bridgehead atoms. The van der Waals surface area contributed by atoms with Crippen LogP contribution in [-0.4, -0.2) is 15.5 Å². The van der Waals surface area contributed by atoms with Crippen molar-refractivity contribution in [2.75, 3.05) is 11.4 Å². The number of anilines is 1. The van der Waals surface area contributed by atoms with E-state index < -0.39 is 10.0 Å². The summed E-state index contributed by atoms with van der Waals surface area (Å²) in [4.78, 5) is 0.295. The highest BCUT2D eigenvalue weighted by Crippen LogP contribution is 2.26. The van der Waals surface area contributed by atoms with Gasteiger partial charge in [0.05, 0.1) is 10.6 Å². The fraction of sp³-hybridized carbons (Fsp3) is 0.143. The maximum atomic E-state index is 12.8. The summed E-state index contributed by atoms with van der Waals surface area (Å²) >= 11 is 0. The van der Waals surface area contributed by atoms with Crippen molar-refractivity contribution in [2.45, 2.75) is 18.7 Å². The van der Waals surface area contributed by atoms with Crippen LogP contribution in [0.2, 0.25) is 0 Å². The van der Waals surface area contributed by atoms with E-state index >= 15 is 0 Å². The second-order valence-corrected chi connectivity index (χ2v) is 8.17. The molecule has 0 aliphatic heterocycles. The third-order valence-corrected chi connectivity index (χ3v) is 6.06. The first-order valence-corrected chi connectivity index (χ1v) is 9.55. The maximum Gasteiger partial charge on any atom is 1.00 e. The Morgan fingerprint density at radius 3 is 2.00 bits per heavy atom. The second-order valence-electron chi connectivity index (χ2n) is 6.20. The molecule has 3 aromatic rings. The Labute approximate surface area is 151 Å². The van der Waals surface area contributed by atoms with Crippen LogP contribution in [0.5, 0.6) is 0 Å². The molecular weight excluding hydrogens is 330 g/mol. The fourth-order valence-electron chi connectivity index (χ4n) is 2.70. The van der Waals surface area contributed by atoms with Gasteiger partial charge in [0, 0.05) is 7.05 Å². The molecule has 3 aromatic carbocycles. The van der Waals surface area contributed by atoms with Crippen LogP contribution in [0, 0.1) is 13.8 Å². The highest BCUT2D eigenvalue weighted by molar-refractivity contribution is 7.92. The number of hydrogen-bond donors (Lipinski definition) is 0. The van der Waals surface area contributed by atoms with Crippen LogP contribution in [0.1, 0.15) is 12.6 Å². The predicted octanol–water partition coefficient (Wildman–Crippen LogP) is 4.91. The molecule has 25 heavy (non-hydrogen) atoms. The van der Waals surface area contributed by atoms with Crippen LogP contribution < -0.4 is 4.31 Å². The Bertz CT molecular complexity index is 981. The molecule has 0 atom stereocenters. The van der Waals surface area contributed by atoms with E-state index in [4.69, 9.17) is 0 Å². The molecule has 3 rings (SSSR count). The first-order chi connectivity index (χ1) is 11.9. The van der Waals surface area contributed by atoms with Gasteiger partial charge < -0.3 is 0 Å². The minimum atomic E-state index is -3.56. The summed E-state index contributed by atoms with van der Waals surface area (Å²) < 4.78 is 26.9. The molecule has 0 heterocycles. The van der Waals surface area contributed by atoms with E-state index in [0.717, 1.165) is 16.7 Å². The molecule has 0 amide bonds. The van der Waals surface area contributed by atoms with Crippen LogP contribution in [-0.2, 0) is 10.0 Å². The van der Waals surface area contributed by atoms with Crippen molar-refractivity contribution >= 4 is 15.7 Å². The molecule has 0 aliphatic rings. The summed E-state index contributed by atoms with van der Waals surface area (Å²) in [6.07, 6.45) is 0. The molecule has 0 fully saturated rings. The Hall–Kier alpha value is -2.59. The highest BCUT2D eigenvalue weighted by Gasteiger charge is 2.21. The zero-order valence-corrected chi connectivity index (χ0v) is 15.4. The fourth-order valence-corrected chi connectivity index (χ4v) is 3.89. The van der Waals surface area contributed by atoms with Gasteiger partial charge in [-0.05, 0) is 49.2 Å². The molecule has 0 aromatic heterocycles. The average molecular weight is 352 g/mol. The van der Waals surface area contributed by atoms with Crippen LogP contribution in [0.3, 0.4) is 0 Å². The van der Waals surface area contributed by atoms with E-state index in [1.165, 1.54) is 9.87 Å². The van der Waals surface area contributed by atoms with Gasteiger partial charge in [-0.2, -0.15) is 0 Å². The Morgan fingerprint density at radius 2 is 1.40 bits per heavy atom. The monoisotopic (exact) mass is 352 g/mol. The van der Waals surface area contributed by atoms with E-state index in [0.29, 0.717) is 10.6 Å². The Balaban J connectivity index is 0.00000243. The van der Waals surface area contributed by atoms with Gasteiger partial charge in [0.2, 0.25) is 0 Å². The van der Waals surface area contributed by atoms with Crippen LogP contribution in [0.15, 0.2) is 77.7 Å². The third kappa shape index (κ3) is 3.59. The summed E-state index contributed by atoms with van der Waals surface area (Å²) in [7, 11) is -1.98. The van der Waals surface area contributed by atoms with Crippen molar-refractivity contribution in [1.29, 1.82) is 0 Å². The smallest absolute Gasteiger partial charge is 0.269 e. The second kappa shape index (κ2) is 6.73. The van der Waals surface area contributed by atoms with Crippen molar-refractivity contribution < 1.29 is 9.84 Å². The van der Waals surface area contributed by atoms with E-state index in [2.05, 4.69) is 25.1 Å². The predicted molar refractivity (Wildman–Crippen MR) is 104 cm³/mol. The standard InChI is InChI=1S/C21H21NO2S/c1-16-7-13-21(14-8-16)25(23,24)22(3)20-11-9-18(10-12-20)19-6-4-5-17(2)15-19/h4-15H,1-3H3/p+1. The summed E-state index contributed by atoms with van der Waals surface area (Å²) in [6, 6.07) is 22.7. The zero-order valence-electron chi connectivity index (χ0n) is 15.6. The van der Waals surface area contributed by atoms with E-state index in [1.807, 2.05) is 49.4 Å². The molecule has 0 saturated heterocycles. The molecule has 0 N–H and O–H groups in total. The van der Waals surface area contributed by atoms with Crippen LogP contribution in [0.25, 0.3) is 11.1 Å². The van der Waals surface area contributed by atoms with Crippen LogP contribution >= 0.6 is 0 Å². The minimum Gasteiger partial charge on any atom is -0.269 e. The number of nitrogens with zero attached hydrogens (tertiary/aromatic N) is 1. The molecule has 0 aliphatic carbocycles. The van der Waals surface area contributed by atoms with Crippen molar-refractivity contribution in [3.05, 3.63) is 83.9 Å². The van der Waals surface area contributed by atoms with Crippen molar-refractivity contribution in [2.24, 2.45) is 0 Å². The van der Waals surface area contributed by atoms with Crippen LogP contribution in [0.4, 0.5) is 5.69 Å². The van der Waals surface area contributed by atoms with E-state index in [9.17, 15) is 8.42 Å². The molecule has 0 spiro atoms. The van der Waals surface area contributed by atoms with Gasteiger partial charge >= 0.3 is 1.43 Å². The lowest BCUT2D eigenvalue weighted by Gasteiger charge is -2.20. The lowest BCUT2D eigenvalue weighted by Crippen LogP contribution is -2.26. The zero-order chi connectivity index (χ0) is 18.0. The first kappa shape index (κ1) is 17.2. The van der Waals surface area contributed by atoms with Gasteiger partial charge in [-0.15, -0.1) is 0 Å². The Morgan fingerprint density at radius 1 is 0.760 bits per heavy atom. The van der Waals surface area contributed by atoms with Gasteiger partial charge in [-0.25, -0.2) is 8.42 Å². The van der Waals surface area contributed by atoms with E-state index in [1.54, 1.807) is 19.2 Å². The lowest BCUT2D eigenvalue weighted by atomic mass is 10.0. The summed E-state index contributed by atoms with van der Waals surface area (Å²) in [6.45, 7) is 3.99. The minimum absolute atomic E-state index is 0. The third-order valence-electron chi connectivity index (χ3n) is 4.26. The summed E-state index contributed by atoms with van der Waals surface area (Å²) in [5.41, 5.74) is 5.05. The molecule has 128 valence electrons. The Kier molecular flexibility index (Phi) is 4.64. The number of benzene rings is 3. The summed E-state index contributed by atoms with van der Waals surface area (Å²) in [5.74, 6) is 0. The SMILES string of the molecule is Cc1ccc(S(=O)(=O)N(C)c2ccc(-c3cccc(C)c3)cc2)cc1.[H+]. The van der Waals surface area contributed by atoms with Crippen molar-refractivity contribution in [3.63, 3.8) is 0 Å². The van der Waals surface area contributed by atoms with Gasteiger partial charge in [-0.1, -0.05) is 59.7 Å². The molecule has 0 radical (unpaired) electrons. The van der Waals surface area contributed by atoms with Gasteiger partial charge in [-0.3, -0.25) is 4.31 Å². The number of aryl methyl sites for hydroxylation is 2. The molecule has 0 saturated carbocycles. The lowest BCUT2D eigenvalue weighted by molar-refractivity contribution is 0.594. The topological polar surface area (TPSA) is 37.4 Å². The average Bonchev–Trinajstić information content (AvgIpc) is 2.61. The number of rotatable bonds is 4. The largest absolute Gasteiger partial charge is 1.00 e. The number of hydrogen-bond acceptors (Lipinski definition) is 2. The molecule has 0 unspecified atom stereocenters.